The molecule has 16 heavy (non-hydrogen) atoms. The minimum absolute atomic E-state index is 0.0774. The molecule has 0 heterocycles. The number of carbonyl (C=O) groups is 2. The van der Waals surface area contributed by atoms with Crippen molar-refractivity contribution >= 4 is 17.7 Å². The summed E-state index contributed by atoms with van der Waals surface area (Å²) in [7, 11) is 0. The monoisotopic (exact) mass is 219 g/mol. The number of benzene rings is 1. The summed E-state index contributed by atoms with van der Waals surface area (Å²) in [6.45, 7) is 3.52. The maximum atomic E-state index is 11.6. The zero-order valence-electron chi connectivity index (χ0n) is 8.72. The van der Waals surface area contributed by atoms with Crippen molar-refractivity contribution < 1.29 is 9.59 Å². The van der Waals surface area contributed by atoms with Crippen molar-refractivity contribution in [1.29, 1.82) is 0 Å². The standard InChI is InChI=1S/C11H13N3O2/c1-2-8-14(10(12)15)11(16)13-9-6-4-3-5-7-9/h2-7H,1,8H2,(H2,12,15)(H,13,16). The highest BCUT2D eigenvalue weighted by molar-refractivity contribution is 6.00. The second-order valence-electron chi connectivity index (χ2n) is 3.03. The van der Waals surface area contributed by atoms with E-state index >= 15 is 0 Å². The molecule has 1 rings (SSSR count). The van der Waals surface area contributed by atoms with E-state index in [1.165, 1.54) is 6.08 Å². The Balaban J connectivity index is 2.69. The fraction of sp³-hybridized carbons (Fsp3) is 0.0909. The molecule has 0 bridgehead atoms. The second kappa shape index (κ2) is 5.55. The molecule has 84 valence electrons. The van der Waals surface area contributed by atoms with Gasteiger partial charge in [-0.2, -0.15) is 0 Å². The van der Waals surface area contributed by atoms with Crippen LogP contribution in [0.5, 0.6) is 0 Å². The molecule has 0 fully saturated rings. The van der Waals surface area contributed by atoms with Crippen molar-refractivity contribution in [3.63, 3.8) is 0 Å². The lowest BCUT2D eigenvalue weighted by molar-refractivity contribution is 0.204. The summed E-state index contributed by atoms with van der Waals surface area (Å²) in [6.07, 6.45) is 1.43. The van der Waals surface area contributed by atoms with Gasteiger partial charge in [-0.25, -0.2) is 14.5 Å². The Kier molecular flexibility index (Phi) is 4.08. The largest absolute Gasteiger partial charge is 0.351 e. The molecule has 0 spiro atoms. The molecule has 0 unspecified atom stereocenters. The SMILES string of the molecule is C=CCN(C(N)=O)C(=O)Nc1ccccc1. The van der Waals surface area contributed by atoms with Gasteiger partial charge >= 0.3 is 12.1 Å². The predicted octanol–water partition coefficient (Wildman–Crippen LogP) is 1.79. The number of primary amides is 1. The van der Waals surface area contributed by atoms with Gasteiger partial charge in [0.15, 0.2) is 0 Å². The molecule has 0 radical (unpaired) electrons. The third-order valence-electron chi connectivity index (χ3n) is 1.85. The van der Waals surface area contributed by atoms with Gasteiger partial charge in [0.25, 0.3) is 0 Å². The van der Waals surface area contributed by atoms with Crippen LogP contribution in [0.15, 0.2) is 43.0 Å². The Labute approximate surface area is 93.5 Å². The topological polar surface area (TPSA) is 75.4 Å². The van der Waals surface area contributed by atoms with Crippen molar-refractivity contribution in [3.05, 3.63) is 43.0 Å². The van der Waals surface area contributed by atoms with Crippen LogP contribution in [0.4, 0.5) is 15.3 Å². The van der Waals surface area contributed by atoms with Gasteiger partial charge in [-0.1, -0.05) is 24.3 Å². The number of nitrogens with zero attached hydrogens (tertiary/aromatic N) is 1. The van der Waals surface area contributed by atoms with Gasteiger partial charge in [0.2, 0.25) is 0 Å². The Bertz CT molecular complexity index is 389. The average molecular weight is 219 g/mol. The van der Waals surface area contributed by atoms with Crippen LogP contribution in [0.3, 0.4) is 0 Å². The smallest absolute Gasteiger partial charge is 0.330 e. The van der Waals surface area contributed by atoms with Crippen LogP contribution in [0.2, 0.25) is 0 Å². The third kappa shape index (κ3) is 3.13. The highest BCUT2D eigenvalue weighted by atomic mass is 16.2. The zero-order valence-corrected chi connectivity index (χ0v) is 8.72. The maximum Gasteiger partial charge on any atom is 0.330 e. The van der Waals surface area contributed by atoms with Crippen LogP contribution >= 0.6 is 0 Å². The first-order valence-corrected chi connectivity index (χ1v) is 4.69. The molecule has 0 aromatic heterocycles. The van der Waals surface area contributed by atoms with E-state index in [0.717, 1.165) is 4.90 Å². The maximum absolute atomic E-state index is 11.6. The molecule has 0 aliphatic heterocycles. The van der Waals surface area contributed by atoms with E-state index < -0.39 is 12.1 Å². The van der Waals surface area contributed by atoms with Gasteiger partial charge < -0.3 is 11.1 Å². The molecular weight excluding hydrogens is 206 g/mol. The van der Waals surface area contributed by atoms with Crippen LogP contribution < -0.4 is 11.1 Å². The van der Waals surface area contributed by atoms with E-state index in [1.807, 2.05) is 6.07 Å². The molecule has 0 saturated carbocycles. The number of imide groups is 1. The lowest BCUT2D eigenvalue weighted by Gasteiger charge is -2.17. The van der Waals surface area contributed by atoms with Crippen molar-refractivity contribution in [2.24, 2.45) is 5.73 Å². The van der Waals surface area contributed by atoms with Crippen LogP contribution in [0.25, 0.3) is 0 Å². The van der Waals surface area contributed by atoms with Gasteiger partial charge in [-0.15, -0.1) is 6.58 Å². The summed E-state index contributed by atoms with van der Waals surface area (Å²) in [5, 5.41) is 2.55. The van der Waals surface area contributed by atoms with E-state index in [0.29, 0.717) is 5.69 Å². The lowest BCUT2D eigenvalue weighted by atomic mass is 10.3. The van der Waals surface area contributed by atoms with Crippen LogP contribution in [-0.2, 0) is 0 Å². The molecular formula is C11H13N3O2. The third-order valence-corrected chi connectivity index (χ3v) is 1.85. The number of para-hydroxylation sites is 1. The molecule has 1 aromatic carbocycles. The highest BCUT2D eigenvalue weighted by Crippen LogP contribution is 2.06. The van der Waals surface area contributed by atoms with Crippen LogP contribution in [0.1, 0.15) is 0 Å². The first kappa shape index (κ1) is 11.8. The zero-order chi connectivity index (χ0) is 12.0. The fourth-order valence-corrected chi connectivity index (χ4v) is 1.11. The van der Waals surface area contributed by atoms with Gasteiger partial charge in [-0.3, -0.25) is 0 Å². The minimum atomic E-state index is -0.812. The van der Waals surface area contributed by atoms with E-state index in [1.54, 1.807) is 24.3 Å². The van der Waals surface area contributed by atoms with E-state index in [-0.39, 0.29) is 6.54 Å². The molecule has 0 aliphatic carbocycles. The molecule has 3 N–H and O–H groups in total. The molecule has 0 saturated heterocycles. The van der Waals surface area contributed by atoms with Crippen molar-refractivity contribution in [1.82, 2.24) is 4.90 Å². The summed E-state index contributed by atoms with van der Waals surface area (Å²) >= 11 is 0. The number of hydrogen-bond donors (Lipinski definition) is 2. The molecule has 0 atom stereocenters. The first-order chi connectivity index (χ1) is 7.65. The molecule has 5 heteroatoms. The quantitative estimate of drug-likeness (QED) is 0.760. The van der Waals surface area contributed by atoms with Crippen LogP contribution in [-0.4, -0.2) is 23.5 Å². The molecule has 5 nitrogen and oxygen atoms in total. The summed E-state index contributed by atoms with van der Waals surface area (Å²) in [5.74, 6) is 0. The highest BCUT2D eigenvalue weighted by Gasteiger charge is 2.16. The number of nitrogens with one attached hydrogen (secondary N) is 1. The number of anilines is 1. The Morgan fingerprint density at radius 2 is 2.00 bits per heavy atom. The minimum Gasteiger partial charge on any atom is -0.351 e. The molecule has 4 amide bonds. The summed E-state index contributed by atoms with van der Waals surface area (Å²) in [5.41, 5.74) is 5.66. The van der Waals surface area contributed by atoms with E-state index in [2.05, 4.69) is 11.9 Å². The van der Waals surface area contributed by atoms with Crippen molar-refractivity contribution in [2.45, 2.75) is 0 Å². The van der Waals surface area contributed by atoms with Gasteiger partial charge in [0.1, 0.15) is 0 Å². The van der Waals surface area contributed by atoms with Crippen LogP contribution in [0, 0.1) is 0 Å². The number of carbonyl (C=O) groups excluding carboxylic acids is 2. The summed E-state index contributed by atoms with van der Waals surface area (Å²) in [6, 6.07) is 7.42. The van der Waals surface area contributed by atoms with Crippen molar-refractivity contribution in [2.75, 3.05) is 11.9 Å². The average Bonchev–Trinajstić information content (AvgIpc) is 2.26. The number of urea groups is 2. The number of hydrogen-bond acceptors (Lipinski definition) is 2. The van der Waals surface area contributed by atoms with E-state index in [4.69, 9.17) is 5.73 Å². The summed E-state index contributed by atoms with van der Waals surface area (Å²) < 4.78 is 0. The molecule has 1 aromatic rings. The normalized spacial score (nSPS) is 9.25. The van der Waals surface area contributed by atoms with Gasteiger partial charge in [-0.05, 0) is 12.1 Å². The summed E-state index contributed by atoms with van der Waals surface area (Å²) in [4.78, 5) is 23.4. The lowest BCUT2D eigenvalue weighted by Crippen LogP contribution is -2.43. The predicted molar refractivity (Wildman–Crippen MR) is 61.9 cm³/mol. The van der Waals surface area contributed by atoms with Gasteiger partial charge in [0.05, 0.1) is 0 Å². The number of rotatable bonds is 3. The van der Waals surface area contributed by atoms with E-state index in [9.17, 15) is 9.59 Å². The fourth-order valence-electron chi connectivity index (χ4n) is 1.11. The molecule has 0 aliphatic rings. The van der Waals surface area contributed by atoms with Crippen molar-refractivity contribution in [3.8, 4) is 0 Å². The number of amides is 4. The Morgan fingerprint density at radius 1 is 1.38 bits per heavy atom. The first-order valence-electron chi connectivity index (χ1n) is 4.69. The van der Waals surface area contributed by atoms with Gasteiger partial charge in [0, 0.05) is 12.2 Å². The Morgan fingerprint density at radius 3 is 2.50 bits per heavy atom. The number of nitrogens with two attached hydrogens (primary N) is 1. The second-order valence-corrected chi connectivity index (χ2v) is 3.03. The Hall–Kier alpha value is -2.30.